The van der Waals surface area contributed by atoms with E-state index in [1.165, 1.54) is 4.68 Å². The Morgan fingerprint density at radius 1 is 1.48 bits per heavy atom. The molecule has 0 radical (unpaired) electrons. The zero-order valence-corrected chi connectivity index (χ0v) is 15.2. The normalized spacial score (nSPS) is 10.8. The van der Waals surface area contributed by atoms with E-state index in [2.05, 4.69) is 26.3 Å². The highest BCUT2D eigenvalue weighted by molar-refractivity contribution is 9.10. The van der Waals surface area contributed by atoms with E-state index in [-0.39, 0.29) is 28.1 Å². The van der Waals surface area contributed by atoms with Crippen LogP contribution in [-0.4, -0.2) is 20.6 Å². The Balaban J connectivity index is 1.96. The molecule has 0 aliphatic heterocycles. The van der Waals surface area contributed by atoms with Crippen molar-refractivity contribution in [2.75, 3.05) is 5.32 Å². The lowest BCUT2D eigenvalue weighted by atomic mass is 10.2. The number of aryl methyl sites for hydroxylation is 1. The molecule has 0 unspecified atom stereocenters. The van der Waals surface area contributed by atoms with Crippen LogP contribution in [0.5, 0.6) is 0 Å². The molecular weight excluding hydrogens is 426 g/mol. The van der Waals surface area contributed by atoms with E-state index in [9.17, 15) is 23.7 Å². The van der Waals surface area contributed by atoms with Crippen molar-refractivity contribution in [3.05, 3.63) is 49.1 Å². The molecule has 1 aromatic carbocycles. The van der Waals surface area contributed by atoms with Gasteiger partial charge in [-0.2, -0.15) is 4.68 Å². The number of nitrogens with zero attached hydrogens (tertiary/aromatic N) is 3. The van der Waals surface area contributed by atoms with Gasteiger partial charge in [0.25, 0.3) is 0 Å². The van der Waals surface area contributed by atoms with Crippen LogP contribution >= 0.6 is 27.5 Å². The van der Waals surface area contributed by atoms with Gasteiger partial charge in [-0.05, 0) is 40.3 Å². The van der Waals surface area contributed by atoms with Gasteiger partial charge in [-0.25, -0.2) is 8.78 Å². The molecule has 2 rings (SSSR count). The van der Waals surface area contributed by atoms with Crippen LogP contribution < -0.4 is 5.32 Å². The highest BCUT2D eigenvalue weighted by atomic mass is 79.9. The highest BCUT2D eigenvalue weighted by Gasteiger charge is 2.23. The van der Waals surface area contributed by atoms with Gasteiger partial charge < -0.3 is 15.4 Å². The van der Waals surface area contributed by atoms with Crippen LogP contribution in [0.4, 0.5) is 20.3 Å². The number of hydrogen-bond acceptors (Lipinski definition) is 4. The average Bonchev–Trinajstić information content (AvgIpc) is 2.79. The van der Waals surface area contributed by atoms with E-state index in [0.29, 0.717) is 18.2 Å². The molecule has 0 aliphatic rings. The van der Waals surface area contributed by atoms with Crippen molar-refractivity contribution in [2.24, 2.45) is 0 Å². The van der Waals surface area contributed by atoms with Crippen LogP contribution in [0.2, 0.25) is 5.02 Å². The fraction of sp³-hybridized carbons (Fsp3) is 0.286. The minimum Gasteiger partial charge on any atom is -0.358 e. The largest absolute Gasteiger partial charge is 0.408 e. The molecule has 0 spiro atoms. The maximum Gasteiger partial charge on any atom is 0.408 e. The minimum atomic E-state index is -0.898. The van der Waals surface area contributed by atoms with Crippen molar-refractivity contribution in [3.8, 4) is 0 Å². The molecular formula is C14H12BrClF2N4O3. The lowest BCUT2D eigenvalue weighted by Gasteiger charge is -2.08. The predicted octanol–water partition coefficient (Wildman–Crippen LogP) is 4.21. The van der Waals surface area contributed by atoms with Gasteiger partial charge in [-0.3, -0.25) is 4.79 Å². The van der Waals surface area contributed by atoms with Gasteiger partial charge in [0.15, 0.2) is 10.8 Å². The van der Waals surface area contributed by atoms with E-state index in [1.807, 2.05) is 0 Å². The summed E-state index contributed by atoms with van der Waals surface area (Å²) in [4.78, 5) is 22.0. The van der Waals surface area contributed by atoms with Gasteiger partial charge in [-0.1, -0.05) is 11.6 Å². The highest BCUT2D eigenvalue weighted by Crippen LogP contribution is 2.28. The summed E-state index contributed by atoms with van der Waals surface area (Å²) in [6.07, 6.45) is 0.302. The number of amides is 1. The van der Waals surface area contributed by atoms with Crippen molar-refractivity contribution < 1.29 is 18.5 Å². The van der Waals surface area contributed by atoms with Crippen molar-refractivity contribution in [1.82, 2.24) is 9.78 Å². The summed E-state index contributed by atoms with van der Waals surface area (Å²) < 4.78 is 28.1. The summed E-state index contributed by atoms with van der Waals surface area (Å²) in [6, 6.07) is 1.70. The van der Waals surface area contributed by atoms with Gasteiger partial charge in [0.2, 0.25) is 5.91 Å². The van der Waals surface area contributed by atoms with Gasteiger partial charge in [-0.15, -0.1) is 0 Å². The van der Waals surface area contributed by atoms with Gasteiger partial charge in [0.1, 0.15) is 5.82 Å². The molecule has 0 aliphatic carbocycles. The fourth-order valence-electron chi connectivity index (χ4n) is 2.10. The first-order valence-corrected chi connectivity index (χ1v) is 8.19. The van der Waals surface area contributed by atoms with Crippen molar-refractivity contribution in [3.63, 3.8) is 0 Å². The number of hydrogen-bond donors (Lipinski definition) is 1. The molecule has 1 aromatic heterocycles. The number of anilines is 1. The zero-order valence-electron chi connectivity index (χ0n) is 12.9. The van der Waals surface area contributed by atoms with Crippen LogP contribution in [0.15, 0.2) is 16.6 Å². The van der Waals surface area contributed by atoms with Crippen LogP contribution in [0.1, 0.15) is 18.5 Å². The van der Waals surface area contributed by atoms with Gasteiger partial charge >= 0.3 is 5.82 Å². The number of rotatable bonds is 6. The Hall–Kier alpha value is -2.07. The SMILES string of the molecule is Cc1c(Cl)c([N+](=O)[O-])nn1CCCC(=O)Nc1c(F)cc(F)cc1Br. The molecule has 0 saturated carbocycles. The van der Waals surface area contributed by atoms with E-state index < -0.39 is 28.3 Å². The second-order valence-electron chi connectivity index (χ2n) is 5.10. The second-order valence-corrected chi connectivity index (χ2v) is 6.33. The number of halogens is 4. The zero-order chi connectivity index (χ0) is 18.7. The summed E-state index contributed by atoms with van der Waals surface area (Å²) >= 11 is 8.80. The first-order chi connectivity index (χ1) is 11.7. The van der Waals surface area contributed by atoms with Crippen molar-refractivity contribution in [1.29, 1.82) is 0 Å². The maximum atomic E-state index is 13.7. The Bertz CT molecular complexity index is 821. The molecule has 0 fully saturated rings. The topological polar surface area (TPSA) is 90.1 Å². The van der Waals surface area contributed by atoms with Crippen LogP contribution in [0, 0.1) is 28.7 Å². The minimum absolute atomic E-state index is 0.00791. The van der Waals surface area contributed by atoms with Crippen molar-refractivity contribution in [2.45, 2.75) is 26.3 Å². The third kappa shape index (κ3) is 4.51. The summed E-state index contributed by atoms with van der Waals surface area (Å²) in [6.45, 7) is 1.80. The molecule has 11 heteroatoms. The lowest BCUT2D eigenvalue weighted by molar-refractivity contribution is -0.389. The van der Waals surface area contributed by atoms with Gasteiger partial charge in [0.05, 0.1) is 23.0 Å². The number of nitrogens with one attached hydrogen (secondary N) is 1. The number of carbonyl (C=O) groups excluding carboxylic acids is 1. The first kappa shape index (κ1) is 19.3. The molecule has 0 saturated heterocycles. The average molecular weight is 438 g/mol. The van der Waals surface area contributed by atoms with E-state index in [1.54, 1.807) is 6.92 Å². The number of carbonyl (C=O) groups is 1. The molecule has 25 heavy (non-hydrogen) atoms. The molecule has 0 bridgehead atoms. The number of nitro groups is 1. The maximum absolute atomic E-state index is 13.7. The van der Waals surface area contributed by atoms with Crippen LogP contribution in [0.3, 0.4) is 0 Å². The van der Waals surface area contributed by atoms with E-state index in [4.69, 9.17) is 11.6 Å². The smallest absolute Gasteiger partial charge is 0.358 e. The standard InChI is InChI=1S/C14H12BrClF2N4O3/c1-7-12(16)14(22(24)25)20-21(7)4-2-3-11(23)19-13-9(15)5-8(17)6-10(13)18/h5-6H,2-4H2,1H3,(H,19,23). The first-order valence-electron chi connectivity index (χ1n) is 7.02. The van der Waals surface area contributed by atoms with Crippen LogP contribution in [0.25, 0.3) is 0 Å². The number of benzene rings is 1. The quantitative estimate of drug-likeness (QED) is 0.541. The number of aromatic nitrogens is 2. The Morgan fingerprint density at radius 2 is 2.16 bits per heavy atom. The summed E-state index contributed by atoms with van der Waals surface area (Å²) in [5.74, 6) is -2.60. The fourth-order valence-corrected chi connectivity index (χ4v) is 2.81. The third-order valence-corrected chi connectivity index (χ3v) is 4.40. The van der Waals surface area contributed by atoms with Gasteiger partial charge in [0, 0.05) is 17.0 Å². The summed E-state index contributed by atoms with van der Waals surface area (Å²) in [7, 11) is 0. The second kappa shape index (κ2) is 7.87. The van der Waals surface area contributed by atoms with E-state index in [0.717, 1.165) is 6.07 Å². The Kier molecular flexibility index (Phi) is 6.07. The molecule has 134 valence electrons. The third-order valence-electron chi connectivity index (χ3n) is 3.33. The molecule has 2 aromatic rings. The lowest BCUT2D eigenvalue weighted by Crippen LogP contribution is -2.14. The molecule has 1 N–H and O–H groups in total. The predicted molar refractivity (Wildman–Crippen MR) is 90.6 cm³/mol. The van der Waals surface area contributed by atoms with Crippen molar-refractivity contribution >= 4 is 44.9 Å². The molecule has 1 amide bonds. The monoisotopic (exact) mass is 436 g/mol. The Labute approximate surface area is 154 Å². The van der Waals surface area contributed by atoms with Crippen LogP contribution in [-0.2, 0) is 11.3 Å². The molecule has 1 heterocycles. The molecule has 7 nitrogen and oxygen atoms in total. The Morgan fingerprint density at radius 3 is 2.72 bits per heavy atom. The van der Waals surface area contributed by atoms with E-state index >= 15 is 0 Å². The summed E-state index contributed by atoms with van der Waals surface area (Å²) in [5, 5.41) is 16.8. The molecule has 0 atom stereocenters. The summed E-state index contributed by atoms with van der Waals surface area (Å²) in [5.41, 5.74) is 0.265.